The molecule has 1 N–H and O–H groups in total. The summed E-state index contributed by atoms with van der Waals surface area (Å²) in [7, 11) is 2.04. The molecule has 1 fully saturated rings. The molecule has 3 heterocycles. The lowest BCUT2D eigenvalue weighted by molar-refractivity contribution is 0.0324. The van der Waals surface area contributed by atoms with Crippen LogP contribution in [0.25, 0.3) is 0 Å². The molecule has 33 heavy (non-hydrogen) atoms. The molecule has 0 radical (unpaired) electrons. The Hall–Kier alpha value is -2.95. The van der Waals surface area contributed by atoms with E-state index in [1.165, 1.54) is 0 Å². The first kappa shape index (κ1) is 23.2. The fraction of sp³-hybridized carbons (Fsp3) is 0.500. The standard InChI is InChI=1S/C26H32N4O3/c1-18-14-30(19(2)17-31)26(32)23-12-21(10-9-20-7-8-20)13-28-25(23)33-24(18)16-29(3)15-22-6-4-5-11-27-22/h4-6,11-13,18-20,24,31H,7-8,14-17H2,1-3H3/t18-,19+,24-/m0/s1. The van der Waals surface area contributed by atoms with E-state index < -0.39 is 0 Å². The highest BCUT2D eigenvalue weighted by molar-refractivity contribution is 5.97. The van der Waals surface area contributed by atoms with E-state index in [-0.39, 0.29) is 30.6 Å². The summed E-state index contributed by atoms with van der Waals surface area (Å²) in [5.41, 5.74) is 2.11. The first-order valence-electron chi connectivity index (χ1n) is 11.6. The van der Waals surface area contributed by atoms with Crippen molar-refractivity contribution >= 4 is 5.91 Å². The maximum absolute atomic E-state index is 13.4. The van der Waals surface area contributed by atoms with E-state index in [1.54, 1.807) is 23.4 Å². The molecule has 2 aromatic rings. The summed E-state index contributed by atoms with van der Waals surface area (Å²) < 4.78 is 6.35. The lowest BCUT2D eigenvalue weighted by Crippen LogP contribution is -2.49. The Morgan fingerprint density at radius 2 is 2.15 bits per heavy atom. The molecule has 0 bridgehead atoms. The van der Waals surface area contributed by atoms with Crippen LogP contribution < -0.4 is 4.74 Å². The van der Waals surface area contributed by atoms with Crippen LogP contribution in [-0.4, -0.2) is 69.7 Å². The summed E-state index contributed by atoms with van der Waals surface area (Å²) in [6, 6.07) is 7.36. The Morgan fingerprint density at radius 1 is 1.33 bits per heavy atom. The van der Waals surface area contributed by atoms with E-state index in [9.17, 15) is 9.90 Å². The highest BCUT2D eigenvalue weighted by atomic mass is 16.5. The summed E-state index contributed by atoms with van der Waals surface area (Å²) in [4.78, 5) is 26.3. The number of nitrogens with zero attached hydrogens (tertiary/aromatic N) is 4. The second-order valence-electron chi connectivity index (χ2n) is 9.26. The van der Waals surface area contributed by atoms with Gasteiger partial charge in [-0.2, -0.15) is 0 Å². The molecule has 7 heteroatoms. The number of aliphatic hydroxyl groups excluding tert-OH is 1. The highest BCUT2D eigenvalue weighted by Gasteiger charge is 2.34. The number of rotatable bonds is 6. The number of amides is 1. The zero-order chi connectivity index (χ0) is 23.4. The Balaban J connectivity index is 1.60. The fourth-order valence-corrected chi connectivity index (χ4v) is 3.94. The first-order chi connectivity index (χ1) is 15.9. The smallest absolute Gasteiger partial charge is 0.259 e. The average molecular weight is 449 g/mol. The van der Waals surface area contributed by atoms with E-state index in [0.717, 1.165) is 18.5 Å². The fourth-order valence-electron chi connectivity index (χ4n) is 3.94. The summed E-state index contributed by atoms with van der Waals surface area (Å²) >= 11 is 0. The number of aromatic nitrogens is 2. The van der Waals surface area contributed by atoms with Crippen molar-refractivity contribution in [2.45, 2.75) is 45.4 Å². The zero-order valence-electron chi connectivity index (χ0n) is 19.6. The van der Waals surface area contributed by atoms with Gasteiger partial charge in [0.15, 0.2) is 0 Å². The van der Waals surface area contributed by atoms with Gasteiger partial charge in [-0.15, -0.1) is 0 Å². The van der Waals surface area contributed by atoms with Crippen LogP contribution in [0.3, 0.4) is 0 Å². The van der Waals surface area contributed by atoms with Crippen LogP contribution in [0, 0.1) is 23.7 Å². The van der Waals surface area contributed by atoms with Crippen LogP contribution >= 0.6 is 0 Å². The number of hydrogen-bond donors (Lipinski definition) is 1. The topological polar surface area (TPSA) is 78.8 Å². The van der Waals surface area contributed by atoms with Crippen molar-refractivity contribution in [3.05, 3.63) is 53.5 Å². The molecule has 1 aliphatic carbocycles. The van der Waals surface area contributed by atoms with Crippen LogP contribution in [-0.2, 0) is 6.54 Å². The van der Waals surface area contributed by atoms with E-state index >= 15 is 0 Å². The van der Waals surface area contributed by atoms with Crippen molar-refractivity contribution in [3.63, 3.8) is 0 Å². The second kappa shape index (κ2) is 10.3. The quantitative estimate of drug-likeness (QED) is 0.685. The van der Waals surface area contributed by atoms with Crippen molar-refractivity contribution in [1.82, 2.24) is 19.8 Å². The zero-order valence-corrected chi connectivity index (χ0v) is 19.6. The molecule has 0 unspecified atom stereocenters. The Morgan fingerprint density at radius 3 is 2.85 bits per heavy atom. The van der Waals surface area contributed by atoms with Crippen molar-refractivity contribution in [1.29, 1.82) is 0 Å². The molecule has 174 valence electrons. The van der Waals surface area contributed by atoms with E-state index in [4.69, 9.17) is 4.74 Å². The van der Waals surface area contributed by atoms with E-state index in [2.05, 4.69) is 33.6 Å². The monoisotopic (exact) mass is 448 g/mol. The van der Waals surface area contributed by atoms with Gasteiger partial charge in [0.05, 0.1) is 18.3 Å². The van der Waals surface area contributed by atoms with Gasteiger partial charge in [-0.3, -0.25) is 14.7 Å². The highest BCUT2D eigenvalue weighted by Crippen LogP contribution is 2.29. The van der Waals surface area contributed by atoms with Gasteiger partial charge in [-0.25, -0.2) is 4.98 Å². The molecule has 1 aliphatic heterocycles. The second-order valence-corrected chi connectivity index (χ2v) is 9.26. The largest absolute Gasteiger partial charge is 0.472 e. The third-order valence-electron chi connectivity index (χ3n) is 6.17. The van der Waals surface area contributed by atoms with E-state index in [1.807, 2.05) is 32.2 Å². The normalized spacial score (nSPS) is 21.4. The van der Waals surface area contributed by atoms with Crippen molar-refractivity contribution < 1.29 is 14.6 Å². The number of carbonyl (C=O) groups excluding carboxylic acids is 1. The maximum Gasteiger partial charge on any atom is 0.259 e. The minimum Gasteiger partial charge on any atom is -0.472 e. The number of likely N-dealkylation sites (N-methyl/N-ethyl adjacent to an activating group) is 1. The molecule has 0 spiro atoms. The van der Waals surface area contributed by atoms with Crippen LogP contribution in [0.4, 0.5) is 0 Å². The number of hydrogen-bond acceptors (Lipinski definition) is 6. The molecule has 0 saturated heterocycles. The molecule has 4 rings (SSSR count). The Kier molecular flexibility index (Phi) is 7.26. The molecular formula is C26H32N4O3. The minimum atomic E-state index is -0.306. The average Bonchev–Trinajstić information content (AvgIpc) is 3.65. The third-order valence-corrected chi connectivity index (χ3v) is 6.17. The molecule has 2 aromatic heterocycles. The molecule has 3 atom stereocenters. The van der Waals surface area contributed by atoms with Gasteiger partial charge in [-0.05, 0) is 45.0 Å². The lowest BCUT2D eigenvalue weighted by atomic mass is 10.00. The predicted octanol–water partition coefficient (Wildman–Crippen LogP) is 2.59. The SMILES string of the molecule is C[C@H](CO)N1C[C@H](C)[C@H](CN(C)Cc2ccccn2)Oc2ncc(C#CC3CC3)cc2C1=O. The predicted molar refractivity (Wildman–Crippen MR) is 126 cm³/mol. The van der Waals surface area contributed by atoms with Gasteiger partial charge in [0.25, 0.3) is 5.91 Å². The molecular weight excluding hydrogens is 416 g/mol. The molecule has 1 saturated carbocycles. The third kappa shape index (κ3) is 5.89. The maximum atomic E-state index is 13.4. The van der Waals surface area contributed by atoms with Gasteiger partial charge in [0, 0.05) is 49.4 Å². The number of fused-ring (bicyclic) bond motifs is 1. The summed E-state index contributed by atoms with van der Waals surface area (Å²) in [6.07, 6.45) is 5.57. The number of pyridine rings is 2. The van der Waals surface area contributed by atoms with Crippen LogP contribution in [0.5, 0.6) is 5.88 Å². The lowest BCUT2D eigenvalue weighted by Gasteiger charge is -2.37. The van der Waals surface area contributed by atoms with Gasteiger partial charge < -0.3 is 14.7 Å². The van der Waals surface area contributed by atoms with Gasteiger partial charge in [0.1, 0.15) is 11.7 Å². The summed E-state index contributed by atoms with van der Waals surface area (Å²) in [6.45, 7) is 5.66. The number of aliphatic hydroxyl groups is 1. The molecule has 2 aliphatic rings. The number of carbonyl (C=O) groups is 1. The summed E-state index contributed by atoms with van der Waals surface area (Å²) in [5, 5.41) is 9.81. The van der Waals surface area contributed by atoms with Crippen LogP contribution in [0.15, 0.2) is 36.7 Å². The van der Waals surface area contributed by atoms with Crippen LogP contribution in [0.1, 0.15) is 48.3 Å². The Labute approximate surface area is 195 Å². The van der Waals surface area contributed by atoms with Crippen LogP contribution in [0.2, 0.25) is 0 Å². The van der Waals surface area contributed by atoms with Crippen molar-refractivity contribution in [3.8, 4) is 17.7 Å². The minimum absolute atomic E-state index is 0.0402. The van der Waals surface area contributed by atoms with Gasteiger partial charge in [0.2, 0.25) is 5.88 Å². The first-order valence-corrected chi connectivity index (χ1v) is 11.6. The van der Waals surface area contributed by atoms with Crippen molar-refractivity contribution in [2.75, 3.05) is 26.7 Å². The van der Waals surface area contributed by atoms with Crippen molar-refractivity contribution in [2.24, 2.45) is 11.8 Å². The number of ether oxygens (including phenoxy) is 1. The van der Waals surface area contributed by atoms with Gasteiger partial charge >= 0.3 is 0 Å². The van der Waals surface area contributed by atoms with Gasteiger partial charge in [-0.1, -0.05) is 24.8 Å². The van der Waals surface area contributed by atoms with E-state index in [0.29, 0.717) is 42.6 Å². The Bertz CT molecular complexity index is 1030. The summed E-state index contributed by atoms with van der Waals surface area (Å²) in [5.74, 6) is 7.02. The molecule has 0 aromatic carbocycles. The molecule has 7 nitrogen and oxygen atoms in total. The molecule has 1 amide bonds.